The molecule has 4 nitrogen and oxygen atoms in total. The third-order valence-corrected chi connectivity index (χ3v) is 2.25. The molecule has 0 aliphatic carbocycles. The standard InChI is InChI=1S/C8H14O4/c1-4-5(9)6-7(10-4)12-8(2,3)11-6/h4-7,9H,1-3H3/t4-,5?,6-,7-/m1/s1. The Morgan fingerprint density at radius 1 is 1.25 bits per heavy atom. The van der Waals surface area contributed by atoms with Gasteiger partial charge < -0.3 is 19.3 Å². The Kier molecular flexibility index (Phi) is 1.70. The maximum Gasteiger partial charge on any atom is 0.190 e. The maximum absolute atomic E-state index is 9.57. The van der Waals surface area contributed by atoms with Gasteiger partial charge in [0.15, 0.2) is 12.1 Å². The number of ether oxygens (including phenoxy) is 3. The van der Waals surface area contributed by atoms with Gasteiger partial charge in [0.25, 0.3) is 0 Å². The number of fused-ring (bicyclic) bond motifs is 1. The number of hydrogen-bond donors (Lipinski definition) is 1. The van der Waals surface area contributed by atoms with Crippen LogP contribution in [0.2, 0.25) is 0 Å². The molecule has 0 amide bonds. The average Bonchev–Trinajstić information content (AvgIpc) is 2.33. The lowest BCUT2D eigenvalue weighted by molar-refractivity contribution is -0.212. The van der Waals surface area contributed by atoms with Crippen LogP contribution >= 0.6 is 0 Å². The Balaban J connectivity index is 2.11. The Hall–Kier alpha value is -0.160. The Morgan fingerprint density at radius 3 is 2.50 bits per heavy atom. The zero-order valence-electron chi connectivity index (χ0n) is 7.48. The van der Waals surface area contributed by atoms with Crippen molar-refractivity contribution in [2.45, 2.75) is 51.2 Å². The van der Waals surface area contributed by atoms with Gasteiger partial charge in [0.2, 0.25) is 0 Å². The predicted octanol–water partition coefficient (Wildman–Crippen LogP) is 0.244. The van der Waals surface area contributed by atoms with Gasteiger partial charge in [-0.25, -0.2) is 0 Å². The van der Waals surface area contributed by atoms with Crippen LogP contribution in [0, 0.1) is 0 Å². The van der Waals surface area contributed by atoms with Gasteiger partial charge in [-0.3, -0.25) is 0 Å². The van der Waals surface area contributed by atoms with Crippen LogP contribution in [0.5, 0.6) is 0 Å². The van der Waals surface area contributed by atoms with E-state index in [1.54, 1.807) is 0 Å². The summed E-state index contributed by atoms with van der Waals surface area (Å²) in [5.41, 5.74) is 0. The van der Waals surface area contributed by atoms with Crippen molar-refractivity contribution in [2.75, 3.05) is 0 Å². The molecule has 2 heterocycles. The quantitative estimate of drug-likeness (QED) is 0.571. The molecular formula is C8H14O4. The van der Waals surface area contributed by atoms with Crippen LogP contribution in [-0.4, -0.2) is 35.5 Å². The summed E-state index contributed by atoms with van der Waals surface area (Å²) >= 11 is 0. The lowest BCUT2D eigenvalue weighted by atomic mass is 10.2. The first-order valence-corrected chi connectivity index (χ1v) is 4.19. The molecule has 0 spiro atoms. The van der Waals surface area contributed by atoms with Crippen molar-refractivity contribution in [3.63, 3.8) is 0 Å². The monoisotopic (exact) mass is 174 g/mol. The lowest BCUT2D eigenvalue weighted by Gasteiger charge is -2.20. The smallest absolute Gasteiger partial charge is 0.190 e. The van der Waals surface area contributed by atoms with Crippen LogP contribution in [0.3, 0.4) is 0 Å². The van der Waals surface area contributed by atoms with Crippen LogP contribution in [0.4, 0.5) is 0 Å². The fraction of sp³-hybridized carbons (Fsp3) is 1.00. The van der Waals surface area contributed by atoms with Crippen molar-refractivity contribution < 1.29 is 19.3 Å². The summed E-state index contributed by atoms with van der Waals surface area (Å²) in [7, 11) is 0. The number of rotatable bonds is 0. The topological polar surface area (TPSA) is 47.9 Å². The maximum atomic E-state index is 9.57. The van der Waals surface area contributed by atoms with E-state index in [1.807, 2.05) is 20.8 Å². The van der Waals surface area contributed by atoms with Crippen LogP contribution in [0.1, 0.15) is 20.8 Å². The van der Waals surface area contributed by atoms with Crippen molar-refractivity contribution in [1.29, 1.82) is 0 Å². The third-order valence-electron chi connectivity index (χ3n) is 2.25. The van der Waals surface area contributed by atoms with E-state index in [2.05, 4.69) is 0 Å². The lowest BCUT2D eigenvalue weighted by Crippen LogP contribution is -2.33. The molecule has 0 bridgehead atoms. The highest BCUT2D eigenvalue weighted by Gasteiger charge is 2.52. The summed E-state index contributed by atoms with van der Waals surface area (Å²) in [6.07, 6.45) is -1.49. The molecule has 0 aromatic rings. The summed E-state index contributed by atoms with van der Waals surface area (Å²) in [5.74, 6) is -0.629. The van der Waals surface area contributed by atoms with E-state index < -0.39 is 18.2 Å². The average molecular weight is 174 g/mol. The van der Waals surface area contributed by atoms with E-state index >= 15 is 0 Å². The minimum atomic E-state index is -0.629. The van der Waals surface area contributed by atoms with Crippen LogP contribution in [0.15, 0.2) is 0 Å². The molecule has 12 heavy (non-hydrogen) atoms. The summed E-state index contributed by atoms with van der Waals surface area (Å²) in [5, 5.41) is 9.57. The fourth-order valence-electron chi connectivity index (χ4n) is 1.65. The normalized spacial score (nSPS) is 51.0. The Morgan fingerprint density at radius 2 is 1.92 bits per heavy atom. The van der Waals surface area contributed by atoms with Gasteiger partial charge >= 0.3 is 0 Å². The van der Waals surface area contributed by atoms with Crippen molar-refractivity contribution in [3.8, 4) is 0 Å². The van der Waals surface area contributed by atoms with Crippen molar-refractivity contribution in [2.24, 2.45) is 0 Å². The van der Waals surface area contributed by atoms with E-state index in [0.717, 1.165) is 0 Å². The molecule has 4 atom stereocenters. The molecule has 0 radical (unpaired) electrons. The summed E-state index contributed by atoms with van der Waals surface area (Å²) in [6, 6.07) is 0. The minimum absolute atomic E-state index is 0.198. The van der Waals surface area contributed by atoms with E-state index in [4.69, 9.17) is 14.2 Å². The van der Waals surface area contributed by atoms with Crippen molar-refractivity contribution >= 4 is 0 Å². The molecule has 1 N–H and O–H groups in total. The second kappa shape index (κ2) is 2.42. The van der Waals surface area contributed by atoms with E-state index in [9.17, 15) is 5.11 Å². The van der Waals surface area contributed by atoms with E-state index in [1.165, 1.54) is 0 Å². The second-order valence-electron chi connectivity index (χ2n) is 3.80. The number of hydrogen-bond acceptors (Lipinski definition) is 4. The van der Waals surface area contributed by atoms with Gasteiger partial charge in [-0.15, -0.1) is 0 Å². The largest absolute Gasteiger partial charge is 0.387 e. The molecule has 2 aliphatic heterocycles. The summed E-state index contributed by atoms with van der Waals surface area (Å²) in [4.78, 5) is 0. The summed E-state index contributed by atoms with van der Waals surface area (Å²) in [6.45, 7) is 5.43. The molecule has 2 rings (SSSR count). The predicted molar refractivity (Wildman–Crippen MR) is 40.4 cm³/mol. The van der Waals surface area contributed by atoms with Gasteiger partial charge in [-0.1, -0.05) is 0 Å². The molecule has 4 heteroatoms. The summed E-state index contributed by atoms with van der Waals surface area (Å²) < 4.78 is 16.2. The van der Waals surface area contributed by atoms with Crippen molar-refractivity contribution in [1.82, 2.24) is 0 Å². The molecule has 2 fully saturated rings. The van der Waals surface area contributed by atoms with Gasteiger partial charge in [0, 0.05) is 0 Å². The van der Waals surface area contributed by atoms with Crippen LogP contribution < -0.4 is 0 Å². The highest BCUT2D eigenvalue weighted by Crippen LogP contribution is 2.36. The molecule has 1 unspecified atom stereocenters. The molecular weight excluding hydrogens is 160 g/mol. The highest BCUT2D eigenvalue weighted by atomic mass is 16.8. The van der Waals surface area contributed by atoms with Crippen LogP contribution in [-0.2, 0) is 14.2 Å². The van der Waals surface area contributed by atoms with E-state index in [-0.39, 0.29) is 12.2 Å². The minimum Gasteiger partial charge on any atom is -0.387 e. The first-order chi connectivity index (χ1) is 5.49. The first-order valence-electron chi connectivity index (χ1n) is 4.19. The number of aliphatic hydroxyl groups is 1. The molecule has 0 saturated carbocycles. The zero-order valence-corrected chi connectivity index (χ0v) is 7.48. The third kappa shape index (κ3) is 1.15. The SMILES string of the molecule is C[C@H]1O[C@@H]2OC(C)(C)O[C@@H]2C1O. The fourth-order valence-corrected chi connectivity index (χ4v) is 1.65. The second-order valence-corrected chi connectivity index (χ2v) is 3.80. The van der Waals surface area contributed by atoms with Gasteiger partial charge in [0.05, 0.1) is 6.10 Å². The molecule has 0 aromatic carbocycles. The number of aliphatic hydroxyl groups excluding tert-OH is 1. The molecule has 70 valence electrons. The van der Waals surface area contributed by atoms with Gasteiger partial charge in [-0.2, -0.15) is 0 Å². The van der Waals surface area contributed by atoms with Crippen LogP contribution in [0.25, 0.3) is 0 Å². The Bertz CT molecular complexity index is 191. The Labute approximate surface area is 71.4 Å². The van der Waals surface area contributed by atoms with Gasteiger partial charge in [0.1, 0.15) is 12.2 Å². The molecule has 2 saturated heterocycles. The van der Waals surface area contributed by atoms with Gasteiger partial charge in [-0.05, 0) is 20.8 Å². The van der Waals surface area contributed by atoms with Crippen molar-refractivity contribution in [3.05, 3.63) is 0 Å². The molecule has 2 aliphatic rings. The zero-order chi connectivity index (χ0) is 8.93. The van der Waals surface area contributed by atoms with E-state index in [0.29, 0.717) is 0 Å². The molecule has 0 aromatic heterocycles. The first kappa shape index (κ1) is 8.44. The highest BCUT2D eigenvalue weighted by molar-refractivity contribution is 4.90.